The number of phenolic OH excluding ortho intramolecular Hbond substituents is 1. The lowest BCUT2D eigenvalue weighted by molar-refractivity contribution is -0.384. The molecule has 0 aliphatic carbocycles. The molecule has 0 saturated heterocycles. The zero-order chi connectivity index (χ0) is 11.1. The van der Waals surface area contributed by atoms with Crippen molar-refractivity contribution in [3.05, 3.63) is 33.9 Å². The zero-order valence-electron chi connectivity index (χ0n) is 8.65. The van der Waals surface area contributed by atoms with Crippen molar-refractivity contribution >= 4 is 5.69 Å². The van der Waals surface area contributed by atoms with Gasteiger partial charge in [0.2, 0.25) is 0 Å². The molecule has 1 N–H and O–H groups in total. The first-order valence-corrected chi connectivity index (χ1v) is 4.61. The third-order valence-electron chi connectivity index (χ3n) is 1.65. The summed E-state index contributed by atoms with van der Waals surface area (Å²) in [6.07, 6.45) is 0.591. The topological polar surface area (TPSA) is 63.4 Å². The van der Waals surface area contributed by atoms with E-state index in [9.17, 15) is 15.2 Å². The Morgan fingerprint density at radius 1 is 1.43 bits per heavy atom. The fourth-order valence-corrected chi connectivity index (χ4v) is 0.969. The molecule has 0 saturated carbocycles. The number of rotatable bonds is 2. The molecule has 0 amide bonds. The van der Waals surface area contributed by atoms with Gasteiger partial charge in [0.25, 0.3) is 5.69 Å². The number of hydrogen-bond donors (Lipinski definition) is 1. The summed E-state index contributed by atoms with van der Waals surface area (Å²) in [5.74, 6) is 0.114. The maximum Gasteiger partial charge on any atom is 0.269 e. The summed E-state index contributed by atoms with van der Waals surface area (Å²) in [5.41, 5.74) is 0.619. The summed E-state index contributed by atoms with van der Waals surface area (Å²) in [5, 5.41) is 19.5. The summed E-state index contributed by atoms with van der Waals surface area (Å²) in [6.45, 7) is 5.83. The Kier molecular flexibility index (Phi) is 5.29. The summed E-state index contributed by atoms with van der Waals surface area (Å²) >= 11 is 0. The largest absolute Gasteiger partial charge is 0.508 e. The highest BCUT2D eigenvalue weighted by atomic mass is 16.6. The van der Waals surface area contributed by atoms with Gasteiger partial charge in [-0.05, 0) is 12.5 Å². The summed E-state index contributed by atoms with van der Waals surface area (Å²) in [6, 6.07) is 4.01. The summed E-state index contributed by atoms with van der Waals surface area (Å²) < 4.78 is 0. The minimum atomic E-state index is -0.474. The second kappa shape index (κ2) is 5.96. The minimum Gasteiger partial charge on any atom is -0.508 e. The molecule has 0 aromatic heterocycles. The Hall–Kier alpha value is -1.58. The van der Waals surface area contributed by atoms with E-state index < -0.39 is 4.92 Å². The van der Waals surface area contributed by atoms with E-state index in [2.05, 4.69) is 0 Å². The molecule has 0 radical (unpaired) electrons. The van der Waals surface area contributed by atoms with Gasteiger partial charge >= 0.3 is 0 Å². The molecule has 4 nitrogen and oxygen atoms in total. The molecule has 78 valence electrons. The van der Waals surface area contributed by atoms with E-state index >= 15 is 0 Å². The van der Waals surface area contributed by atoms with E-state index in [0.717, 1.165) is 0 Å². The van der Waals surface area contributed by atoms with Crippen molar-refractivity contribution in [3.8, 4) is 5.75 Å². The molecular weight excluding hydrogens is 182 g/mol. The van der Waals surface area contributed by atoms with Crippen LogP contribution in [0.1, 0.15) is 26.3 Å². The van der Waals surface area contributed by atoms with Crippen molar-refractivity contribution in [2.24, 2.45) is 0 Å². The number of phenols is 1. The molecule has 1 rings (SSSR count). The van der Waals surface area contributed by atoms with Gasteiger partial charge in [0.05, 0.1) is 4.92 Å². The number of aromatic hydroxyl groups is 1. The van der Waals surface area contributed by atoms with E-state index in [1.165, 1.54) is 18.2 Å². The molecule has 1 aromatic rings. The third kappa shape index (κ3) is 3.05. The molecule has 14 heavy (non-hydrogen) atoms. The van der Waals surface area contributed by atoms with Gasteiger partial charge in [0.15, 0.2) is 0 Å². The molecule has 0 unspecified atom stereocenters. The van der Waals surface area contributed by atoms with Crippen LogP contribution in [0.5, 0.6) is 5.75 Å². The highest BCUT2D eigenvalue weighted by Crippen LogP contribution is 2.22. The van der Waals surface area contributed by atoms with Gasteiger partial charge in [0.1, 0.15) is 5.75 Å². The Bertz CT molecular complexity index is 310. The van der Waals surface area contributed by atoms with E-state index in [-0.39, 0.29) is 11.4 Å². The predicted octanol–water partition coefficient (Wildman–Crippen LogP) is 2.89. The van der Waals surface area contributed by atoms with Gasteiger partial charge in [0, 0.05) is 17.7 Å². The number of nitro benzene ring substituents is 1. The van der Waals surface area contributed by atoms with Gasteiger partial charge < -0.3 is 5.11 Å². The lowest BCUT2D eigenvalue weighted by Crippen LogP contribution is -1.89. The van der Waals surface area contributed by atoms with Crippen LogP contribution in [0.3, 0.4) is 0 Å². The molecule has 0 atom stereocenters. The first-order valence-electron chi connectivity index (χ1n) is 4.61. The Morgan fingerprint density at radius 3 is 2.43 bits per heavy atom. The van der Waals surface area contributed by atoms with Crippen LogP contribution >= 0.6 is 0 Å². The van der Waals surface area contributed by atoms with Crippen LogP contribution in [0.25, 0.3) is 0 Å². The van der Waals surface area contributed by atoms with Gasteiger partial charge in [-0.2, -0.15) is 0 Å². The summed E-state index contributed by atoms with van der Waals surface area (Å²) in [7, 11) is 0. The van der Waals surface area contributed by atoms with E-state index in [4.69, 9.17) is 0 Å². The number of non-ortho nitro benzene ring substituents is 1. The van der Waals surface area contributed by atoms with Gasteiger partial charge in [-0.15, -0.1) is 0 Å². The molecule has 1 aromatic carbocycles. The first kappa shape index (κ1) is 12.4. The number of aryl methyl sites for hydroxylation is 1. The van der Waals surface area contributed by atoms with E-state index in [0.29, 0.717) is 12.0 Å². The molecule has 0 fully saturated rings. The zero-order valence-corrected chi connectivity index (χ0v) is 8.65. The van der Waals surface area contributed by atoms with Crippen molar-refractivity contribution in [1.82, 2.24) is 0 Å². The molecular formula is C10H15NO3. The monoisotopic (exact) mass is 197 g/mol. The smallest absolute Gasteiger partial charge is 0.269 e. The molecule has 0 spiro atoms. The Labute approximate surface area is 83.3 Å². The molecule has 4 heteroatoms. The standard InChI is InChI=1S/C8H9NO3.C2H6/c1-2-6-5-7(9(11)12)3-4-8(6)10;1-2/h3-5,10H,2H2,1H3;1-2H3. The van der Waals surface area contributed by atoms with Crippen LogP contribution in [0.2, 0.25) is 0 Å². The number of hydrogen-bond acceptors (Lipinski definition) is 3. The van der Waals surface area contributed by atoms with Crippen molar-refractivity contribution in [2.75, 3.05) is 0 Å². The molecule has 0 bridgehead atoms. The van der Waals surface area contributed by atoms with Crippen molar-refractivity contribution in [2.45, 2.75) is 27.2 Å². The fraction of sp³-hybridized carbons (Fsp3) is 0.400. The van der Waals surface area contributed by atoms with Crippen molar-refractivity contribution in [3.63, 3.8) is 0 Å². The van der Waals surface area contributed by atoms with Crippen LogP contribution in [-0.2, 0) is 6.42 Å². The Morgan fingerprint density at radius 2 is 2.00 bits per heavy atom. The minimum absolute atomic E-state index is 0.0182. The second-order valence-corrected chi connectivity index (χ2v) is 2.42. The maximum atomic E-state index is 10.3. The lowest BCUT2D eigenvalue weighted by Gasteiger charge is -1.99. The number of nitro groups is 1. The van der Waals surface area contributed by atoms with Crippen LogP contribution in [0.4, 0.5) is 5.69 Å². The van der Waals surface area contributed by atoms with Gasteiger partial charge in [-0.1, -0.05) is 20.8 Å². The highest BCUT2D eigenvalue weighted by molar-refractivity contribution is 5.42. The summed E-state index contributed by atoms with van der Waals surface area (Å²) in [4.78, 5) is 9.83. The van der Waals surface area contributed by atoms with Gasteiger partial charge in [-0.3, -0.25) is 10.1 Å². The van der Waals surface area contributed by atoms with Crippen LogP contribution in [0.15, 0.2) is 18.2 Å². The van der Waals surface area contributed by atoms with Gasteiger partial charge in [-0.25, -0.2) is 0 Å². The van der Waals surface area contributed by atoms with Crippen molar-refractivity contribution < 1.29 is 10.0 Å². The highest BCUT2D eigenvalue weighted by Gasteiger charge is 2.07. The average Bonchev–Trinajstić information content (AvgIpc) is 2.21. The first-order chi connectivity index (χ1) is 6.65. The quantitative estimate of drug-likeness (QED) is 0.585. The molecule has 0 aliphatic rings. The normalized spacial score (nSPS) is 8.79. The van der Waals surface area contributed by atoms with Crippen LogP contribution < -0.4 is 0 Å². The maximum absolute atomic E-state index is 10.3. The lowest BCUT2D eigenvalue weighted by atomic mass is 10.1. The SMILES string of the molecule is CC.CCc1cc([N+](=O)[O-])ccc1O. The van der Waals surface area contributed by atoms with Crippen LogP contribution in [-0.4, -0.2) is 10.0 Å². The molecule has 0 heterocycles. The third-order valence-corrected chi connectivity index (χ3v) is 1.65. The van der Waals surface area contributed by atoms with Crippen molar-refractivity contribution in [1.29, 1.82) is 0 Å². The average molecular weight is 197 g/mol. The number of benzene rings is 1. The predicted molar refractivity (Wildman–Crippen MR) is 55.5 cm³/mol. The fourth-order valence-electron chi connectivity index (χ4n) is 0.969. The van der Waals surface area contributed by atoms with E-state index in [1.807, 2.05) is 20.8 Å². The van der Waals surface area contributed by atoms with Crippen LogP contribution in [0, 0.1) is 10.1 Å². The van der Waals surface area contributed by atoms with E-state index in [1.54, 1.807) is 0 Å². The second-order valence-electron chi connectivity index (χ2n) is 2.42. The number of nitrogens with zero attached hydrogens (tertiary/aromatic N) is 1. The Balaban J connectivity index is 0.000000791. The molecule has 0 aliphatic heterocycles.